The Kier molecular flexibility index (Phi) is 2.31. The van der Waals surface area contributed by atoms with E-state index in [-0.39, 0.29) is 0 Å². The summed E-state index contributed by atoms with van der Waals surface area (Å²) in [6.07, 6.45) is 2.32. The lowest BCUT2D eigenvalue weighted by Crippen LogP contribution is -2.26. The first-order chi connectivity index (χ1) is 8.24. The summed E-state index contributed by atoms with van der Waals surface area (Å²) in [6.45, 7) is 2.25. The molecule has 1 saturated carbocycles. The van der Waals surface area contributed by atoms with Crippen molar-refractivity contribution < 1.29 is 0 Å². The number of hydrogen-bond donors (Lipinski definition) is 1. The Labute approximate surface area is 99.6 Å². The van der Waals surface area contributed by atoms with Crippen LogP contribution in [0.25, 0.3) is 11.4 Å². The van der Waals surface area contributed by atoms with E-state index in [1.54, 1.807) is 0 Å². The number of anilines is 1. The first-order valence-corrected chi connectivity index (χ1v) is 5.88. The number of aromatic nitrogens is 4. The molecule has 5 heteroatoms. The molecule has 1 aliphatic rings. The van der Waals surface area contributed by atoms with Gasteiger partial charge >= 0.3 is 0 Å². The van der Waals surface area contributed by atoms with Crippen LogP contribution in [0.15, 0.2) is 24.3 Å². The zero-order valence-corrected chi connectivity index (χ0v) is 9.74. The first kappa shape index (κ1) is 10.3. The molecule has 0 aliphatic heterocycles. The molecular formula is C12H15N5. The fourth-order valence-corrected chi connectivity index (χ4v) is 2.32. The van der Waals surface area contributed by atoms with Crippen molar-refractivity contribution >= 4 is 5.69 Å². The van der Waals surface area contributed by atoms with Crippen molar-refractivity contribution in [1.29, 1.82) is 0 Å². The lowest BCUT2D eigenvalue weighted by atomic mass is 9.82. The fraction of sp³-hybridized carbons (Fsp3) is 0.417. The highest BCUT2D eigenvalue weighted by molar-refractivity contribution is 5.58. The van der Waals surface area contributed by atoms with Crippen molar-refractivity contribution in [2.45, 2.75) is 25.8 Å². The number of nitrogens with two attached hydrogens (primary N) is 1. The molecule has 0 saturated heterocycles. The van der Waals surface area contributed by atoms with Crippen molar-refractivity contribution in [3.05, 3.63) is 24.3 Å². The second kappa shape index (κ2) is 3.84. The predicted octanol–water partition coefficient (Wildman–Crippen LogP) is 1.89. The molecule has 1 fully saturated rings. The quantitative estimate of drug-likeness (QED) is 0.798. The Morgan fingerprint density at radius 3 is 2.59 bits per heavy atom. The molecule has 1 heterocycles. The molecule has 1 aromatic carbocycles. The molecule has 1 aliphatic carbocycles. The Morgan fingerprint density at radius 2 is 1.94 bits per heavy atom. The van der Waals surface area contributed by atoms with Crippen LogP contribution in [-0.4, -0.2) is 20.2 Å². The fourth-order valence-electron chi connectivity index (χ4n) is 2.32. The number of benzene rings is 1. The van der Waals surface area contributed by atoms with Crippen molar-refractivity contribution in [2.75, 3.05) is 5.73 Å². The summed E-state index contributed by atoms with van der Waals surface area (Å²) in [7, 11) is 0. The summed E-state index contributed by atoms with van der Waals surface area (Å²) >= 11 is 0. The van der Waals surface area contributed by atoms with Crippen LogP contribution in [0.4, 0.5) is 5.69 Å². The largest absolute Gasteiger partial charge is 0.399 e. The molecule has 1 aromatic heterocycles. The van der Waals surface area contributed by atoms with Gasteiger partial charge in [0.05, 0.1) is 6.04 Å². The predicted molar refractivity (Wildman–Crippen MR) is 65.1 cm³/mol. The summed E-state index contributed by atoms with van der Waals surface area (Å²) in [6, 6.07) is 8.11. The molecule has 88 valence electrons. The highest BCUT2D eigenvalue weighted by Crippen LogP contribution is 2.38. The molecule has 0 unspecified atom stereocenters. The van der Waals surface area contributed by atoms with Gasteiger partial charge in [-0.15, -0.1) is 5.10 Å². The molecule has 0 bridgehead atoms. The van der Waals surface area contributed by atoms with E-state index in [1.807, 2.05) is 28.9 Å². The van der Waals surface area contributed by atoms with E-state index in [2.05, 4.69) is 22.4 Å². The Hall–Kier alpha value is -1.91. The zero-order valence-electron chi connectivity index (χ0n) is 9.74. The molecular weight excluding hydrogens is 214 g/mol. The molecule has 2 aromatic rings. The molecule has 0 atom stereocenters. The molecule has 0 spiro atoms. The Morgan fingerprint density at radius 1 is 1.24 bits per heavy atom. The summed E-state index contributed by atoms with van der Waals surface area (Å²) in [5, 5.41) is 12.0. The van der Waals surface area contributed by atoms with Crippen LogP contribution in [-0.2, 0) is 0 Å². The van der Waals surface area contributed by atoms with Gasteiger partial charge in [-0.05, 0) is 53.5 Å². The lowest BCUT2D eigenvalue weighted by molar-refractivity contribution is 0.199. The summed E-state index contributed by atoms with van der Waals surface area (Å²) in [5.74, 6) is 1.62. The second-order valence-electron chi connectivity index (χ2n) is 4.80. The second-order valence-corrected chi connectivity index (χ2v) is 4.80. The van der Waals surface area contributed by atoms with Gasteiger partial charge in [-0.25, -0.2) is 4.68 Å². The van der Waals surface area contributed by atoms with Gasteiger partial charge < -0.3 is 5.73 Å². The minimum absolute atomic E-state index is 0.451. The topological polar surface area (TPSA) is 69.6 Å². The minimum atomic E-state index is 0.451. The average Bonchev–Trinajstić information content (AvgIpc) is 2.74. The minimum Gasteiger partial charge on any atom is -0.399 e. The van der Waals surface area contributed by atoms with Crippen molar-refractivity contribution in [1.82, 2.24) is 20.2 Å². The lowest BCUT2D eigenvalue weighted by Gasteiger charge is -2.32. The number of hydrogen-bond acceptors (Lipinski definition) is 4. The number of nitrogen functional groups attached to an aromatic ring is 1. The van der Waals surface area contributed by atoms with Crippen LogP contribution in [0.2, 0.25) is 0 Å². The van der Waals surface area contributed by atoms with Crippen molar-refractivity contribution in [3.8, 4) is 11.4 Å². The molecule has 3 rings (SSSR count). The van der Waals surface area contributed by atoms with Crippen LogP contribution in [0.1, 0.15) is 25.8 Å². The van der Waals surface area contributed by atoms with Crippen LogP contribution in [0, 0.1) is 5.92 Å². The maximum absolute atomic E-state index is 5.67. The van der Waals surface area contributed by atoms with E-state index >= 15 is 0 Å². The van der Waals surface area contributed by atoms with Gasteiger partial charge in [0.1, 0.15) is 0 Å². The molecule has 0 amide bonds. The SMILES string of the molecule is CC1CC(n2nnnc2-c2ccc(N)cc2)C1. The standard InChI is InChI=1S/C12H15N5/c1-8-6-11(7-8)17-12(14-15-16-17)9-2-4-10(13)5-3-9/h2-5,8,11H,6-7,13H2,1H3. The maximum atomic E-state index is 5.67. The monoisotopic (exact) mass is 229 g/mol. The van der Waals surface area contributed by atoms with E-state index < -0.39 is 0 Å². The van der Waals surface area contributed by atoms with Gasteiger partial charge in [-0.3, -0.25) is 0 Å². The van der Waals surface area contributed by atoms with Crippen molar-refractivity contribution in [2.24, 2.45) is 5.92 Å². The highest BCUT2D eigenvalue weighted by Gasteiger charge is 2.30. The van der Waals surface area contributed by atoms with Crippen LogP contribution < -0.4 is 5.73 Å². The molecule has 2 N–H and O–H groups in total. The first-order valence-electron chi connectivity index (χ1n) is 5.88. The van der Waals surface area contributed by atoms with E-state index in [9.17, 15) is 0 Å². The van der Waals surface area contributed by atoms with E-state index in [4.69, 9.17) is 5.73 Å². The van der Waals surface area contributed by atoms with Gasteiger partial charge in [0.15, 0.2) is 5.82 Å². The van der Waals surface area contributed by atoms with E-state index in [1.165, 1.54) is 0 Å². The third-order valence-electron chi connectivity index (χ3n) is 3.36. The van der Waals surface area contributed by atoms with Gasteiger partial charge in [0, 0.05) is 11.3 Å². The van der Waals surface area contributed by atoms with Gasteiger partial charge in [-0.1, -0.05) is 6.92 Å². The highest BCUT2D eigenvalue weighted by atomic mass is 15.6. The van der Waals surface area contributed by atoms with Gasteiger partial charge in [0.25, 0.3) is 0 Å². The molecule has 0 radical (unpaired) electrons. The van der Waals surface area contributed by atoms with E-state index in [0.29, 0.717) is 6.04 Å². The van der Waals surface area contributed by atoms with Crippen LogP contribution >= 0.6 is 0 Å². The van der Waals surface area contributed by atoms with Crippen LogP contribution in [0.3, 0.4) is 0 Å². The smallest absolute Gasteiger partial charge is 0.182 e. The number of nitrogens with zero attached hydrogens (tertiary/aromatic N) is 4. The molecule has 17 heavy (non-hydrogen) atoms. The van der Waals surface area contributed by atoms with E-state index in [0.717, 1.165) is 35.8 Å². The number of rotatable bonds is 2. The zero-order chi connectivity index (χ0) is 11.8. The van der Waals surface area contributed by atoms with Crippen molar-refractivity contribution in [3.63, 3.8) is 0 Å². The summed E-state index contributed by atoms with van der Waals surface area (Å²) in [4.78, 5) is 0. The Balaban J connectivity index is 1.93. The van der Waals surface area contributed by atoms with Gasteiger partial charge in [0.2, 0.25) is 0 Å². The maximum Gasteiger partial charge on any atom is 0.182 e. The summed E-state index contributed by atoms with van der Waals surface area (Å²) in [5.41, 5.74) is 7.45. The summed E-state index contributed by atoms with van der Waals surface area (Å²) < 4.78 is 1.94. The molecule has 5 nitrogen and oxygen atoms in total. The third-order valence-corrected chi connectivity index (χ3v) is 3.36. The normalized spacial score (nSPS) is 23.4. The average molecular weight is 229 g/mol. The Bertz CT molecular complexity index is 510. The van der Waals surface area contributed by atoms with Crippen LogP contribution in [0.5, 0.6) is 0 Å². The third kappa shape index (κ3) is 1.77. The van der Waals surface area contributed by atoms with Gasteiger partial charge in [-0.2, -0.15) is 0 Å². The number of tetrazole rings is 1.